The first kappa shape index (κ1) is 15.4. The number of ether oxygens (including phenoxy) is 4. The van der Waals surface area contributed by atoms with Crippen LogP contribution >= 0.6 is 0 Å². The first-order valence-electron chi connectivity index (χ1n) is 7.19. The molecule has 2 N–H and O–H groups in total. The summed E-state index contributed by atoms with van der Waals surface area (Å²) in [4.78, 5) is 16.0. The minimum atomic E-state index is -0.619. The highest BCUT2D eigenvalue weighted by molar-refractivity contribution is 5.35. The predicted molar refractivity (Wildman–Crippen MR) is 77.5 cm³/mol. The highest BCUT2D eigenvalue weighted by Gasteiger charge is 2.59. The number of nitrogens with two attached hydrogens (primary N) is 1. The Balaban J connectivity index is 2.02. The lowest BCUT2D eigenvalue weighted by molar-refractivity contribution is -0.159. The van der Waals surface area contributed by atoms with E-state index in [1.807, 2.05) is 0 Å². The minimum absolute atomic E-state index is 0.220. The van der Waals surface area contributed by atoms with Crippen molar-refractivity contribution in [1.29, 1.82) is 0 Å². The van der Waals surface area contributed by atoms with E-state index in [9.17, 15) is 4.79 Å². The van der Waals surface area contributed by atoms with Crippen LogP contribution in [0.5, 0.6) is 0 Å². The molecule has 2 fully saturated rings. The van der Waals surface area contributed by atoms with E-state index in [0.717, 1.165) is 0 Å². The summed E-state index contributed by atoms with van der Waals surface area (Å²) in [5.74, 6) is 0.220. The van der Waals surface area contributed by atoms with Crippen LogP contribution in [0.1, 0.15) is 18.2 Å². The van der Waals surface area contributed by atoms with Crippen LogP contribution in [-0.4, -0.2) is 54.8 Å². The lowest BCUT2D eigenvalue weighted by Gasteiger charge is -2.37. The largest absolute Gasteiger partial charge is 0.383 e. The molecule has 3 heterocycles. The average Bonchev–Trinajstić information content (AvgIpc) is 2.65. The molecule has 22 heavy (non-hydrogen) atoms. The second-order valence-electron chi connectivity index (χ2n) is 5.75. The first-order valence-corrected chi connectivity index (χ1v) is 7.19. The van der Waals surface area contributed by atoms with Crippen molar-refractivity contribution >= 4 is 5.82 Å². The molecule has 0 spiro atoms. The maximum absolute atomic E-state index is 12.2. The van der Waals surface area contributed by atoms with Gasteiger partial charge in [-0.3, -0.25) is 4.57 Å². The summed E-state index contributed by atoms with van der Waals surface area (Å²) in [6.07, 6.45) is 0.976. The quantitative estimate of drug-likeness (QED) is 0.826. The van der Waals surface area contributed by atoms with E-state index in [-0.39, 0.29) is 11.9 Å². The summed E-state index contributed by atoms with van der Waals surface area (Å²) in [6, 6.07) is 0. The number of hydrogen-bond acceptors (Lipinski definition) is 7. The van der Waals surface area contributed by atoms with Crippen LogP contribution < -0.4 is 11.4 Å². The number of aryl methyl sites for hydroxylation is 1. The van der Waals surface area contributed by atoms with Crippen LogP contribution in [0.15, 0.2) is 11.0 Å². The van der Waals surface area contributed by atoms with Gasteiger partial charge in [-0.1, -0.05) is 0 Å². The number of nitrogen functional groups attached to an aromatic ring is 1. The van der Waals surface area contributed by atoms with Gasteiger partial charge in [-0.2, -0.15) is 4.98 Å². The molecule has 1 aromatic rings. The van der Waals surface area contributed by atoms with Crippen LogP contribution in [0, 0.1) is 6.92 Å². The summed E-state index contributed by atoms with van der Waals surface area (Å²) in [5, 5.41) is 0. The standard InChI is InChI=1S/C14H21N3O5/c1-8-6-17(13(18)16-11(8)15)12-9-10(20-3)14(22-12,7-19-2)4-5-21-9/h6,9-10,12H,4-5,7H2,1-3H3,(H2,15,16,18)/t9?,10-,12-,14-/m1/s1. The molecule has 122 valence electrons. The third-order valence-electron chi connectivity index (χ3n) is 4.38. The second-order valence-corrected chi connectivity index (χ2v) is 5.75. The molecule has 8 nitrogen and oxygen atoms in total. The number of aromatic nitrogens is 2. The topological polar surface area (TPSA) is 97.8 Å². The van der Waals surface area contributed by atoms with Gasteiger partial charge in [0.25, 0.3) is 0 Å². The van der Waals surface area contributed by atoms with Crippen molar-refractivity contribution in [3.05, 3.63) is 22.2 Å². The van der Waals surface area contributed by atoms with E-state index in [1.165, 1.54) is 4.57 Å². The SMILES string of the molecule is COC[C@@]12CCOC([C@H](n3cc(C)c(N)nc3=O)O1)[C@H]2OC. The van der Waals surface area contributed by atoms with Crippen molar-refractivity contribution in [2.75, 3.05) is 33.2 Å². The monoisotopic (exact) mass is 311 g/mol. The van der Waals surface area contributed by atoms with Gasteiger partial charge in [-0.25, -0.2) is 4.79 Å². The fraction of sp³-hybridized carbons (Fsp3) is 0.714. The third-order valence-corrected chi connectivity index (χ3v) is 4.38. The number of anilines is 1. The Morgan fingerprint density at radius 3 is 3.00 bits per heavy atom. The zero-order valence-corrected chi connectivity index (χ0v) is 12.9. The summed E-state index contributed by atoms with van der Waals surface area (Å²) >= 11 is 0. The molecule has 0 radical (unpaired) electrons. The Bertz CT molecular complexity index is 615. The molecule has 3 rings (SSSR count). The maximum atomic E-state index is 12.2. The summed E-state index contributed by atoms with van der Waals surface area (Å²) in [7, 11) is 3.22. The molecule has 1 unspecified atom stereocenters. The Kier molecular flexibility index (Phi) is 3.94. The zero-order chi connectivity index (χ0) is 15.9. The smallest absolute Gasteiger partial charge is 0.351 e. The van der Waals surface area contributed by atoms with Crippen molar-refractivity contribution in [2.45, 2.75) is 37.4 Å². The first-order chi connectivity index (χ1) is 10.5. The summed E-state index contributed by atoms with van der Waals surface area (Å²) < 4.78 is 24.3. The lowest BCUT2D eigenvalue weighted by Crippen LogP contribution is -2.52. The molecule has 0 saturated carbocycles. The van der Waals surface area contributed by atoms with E-state index < -0.39 is 23.6 Å². The summed E-state index contributed by atoms with van der Waals surface area (Å²) in [5.41, 5.74) is 5.30. The molecule has 2 bridgehead atoms. The number of fused-ring (bicyclic) bond motifs is 2. The predicted octanol–water partition coefficient (Wildman–Crippen LogP) is -0.148. The molecule has 2 saturated heterocycles. The van der Waals surface area contributed by atoms with Gasteiger partial charge in [0.1, 0.15) is 23.6 Å². The van der Waals surface area contributed by atoms with E-state index in [1.54, 1.807) is 27.3 Å². The van der Waals surface area contributed by atoms with Crippen LogP contribution in [0.4, 0.5) is 5.82 Å². The van der Waals surface area contributed by atoms with E-state index >= 15 is 0 Å². The molecular formula is C14H21N3O5. The van der Waals surface area contributed by atoms with Gasteiger partial charge < -0.3 is 24.7 Å². The minimum Gasteiger partial charge on any atom is -0.383 e. The van der Waals surface area contributed by atoms with E-state index in [2.05, 4.69) is 4.98 Å². The van der Waals surface area contributed by atoms with Crippen LogP contribution in [0.3, 0.4) is 0 Å². The molecule has 1 aromatic heterocycles. The van der Waals surface area contributed by atoms with Crippen LogP contribution in [-0.2, 0) is 18.9 Å². The van der Waals surface area contributed by atoms with Crippen LogP contribution in [0.2, 0.25) is 0 Å². The van der Waals surface area contributed by atoms with Crippen molar-refractivity contribution in [3.8, 4) is 0 Å². The molecule has 4 atom stereocenters. The maximum Gasteiger partial charge on any atom is 0.351 e. The Morgan fingerprint density at radius 1 is 1.55 bits per heavy atom. The van der Waals surface area contributed by atoms with Gasteiger partial charge in [-0.15, -0.1) is 0 Å². The highest BCUT2D eigenvalue weighted by Crippen LogP contribution is 2.45. The molecule has 0 aromatic carbocycles. The Morgan fingerprint density at radius 2 is 2.32 bits per heavy atom. The zero-order valence-electron chi connectivity index (χ0n) is 12.9. The number of hydrogen-bond donors (Lipinski definition) is 1. The van der Waals surface area contributed by atoms with Gasteiger partial charge in [-0.05, 0) is 6.92 Å². The van der Waals surface area contributed by atoms with Gasteiger partial charge in [0.2, 0.25) is 0 Å². The molecule has 2 aliphatic rings. The third kappa shape index (κ3) is 2.23. The van der Waals surface area contributed by atoms with Gasteiger partial charge >= 0.3 is 5.69 Å². The molecule has 0 amide bonds. The molecular weight excluding hydrogens is 290 g/mol. The van der Waals surface area contributed by atoms with Gasteiger partial charge in [0.05, 0.1) is 13.2 Å². The van der Waals surface area contributed by atoms with Crippen molar-refractivity contribution in [3.63, 3.8) is 0 Å². The van der Waals surface area contributed by atoms with Gasteiger partial charge in [0, 0.05) is 32.4 Å². The molecule has 8 heteroatoms. The van der Waals surface area contributed by atoms with Crippen LogP contribution in [0.25, 0.3) is 0 Å². The van der Waals surface area contributed by atoms with E-state index in [4.69, 9.17) is 24.7 Å². The van der Waals surface area contributed by atoms with Crippen molar-refractivity contribution in [2.24, 2.45) is 0 Å². The number of nitrogens with zero attached hydrogens (tertiary/aromatic N) is 2. The number of methoxy groups -OCH3 is 2. The normalized spacial score (nSPS) is 34.0. The highest BCUT2D eigenvalue weighted by atomic mass is 16.6. The lowest BCUT2D eigenvalue weighted by atomic mass is 9.90. The Hall–Kier alpha value is -1.48. The fourth-order valence-electron chi connectivity index (χ4n) is 3.32. The van der Waals surface area contributed by atoms with E-state index in [0.29, 0.717) is 25.2 Å². The average molecular weight is 311 g/mol. The Labute approximate surface area is 128 Å². The molecule has 2 aliphatic heterocycles. The second kappa shape index (κ2) is 5.62. The van der Waals surface area contributed by atoms with Crippen molar-refractivity contribution in [1.82, 2.24) is 9.55 Å². The van der Waals surface area contributed by atoms with Crippen molar-refractivity contribution < 1.29 is 18.9 Å². The molecule has 0 aliphatic carbocycles. The number of rotatable bonds is 4. The summed E-state index contributed by atoms with van der Waals surface area (Å²) in [6.45, 7) is 2.69. The van der Waals surface area contributed by atoms with Gasteiger partial charge in [0.15, 0.2) is 6.23 Å². The fourth-order valence-corrected chi connectivity index (χ4v) is 3.32.